The number of alkyl halides is 2. The van der Waals surface area contributed by atoms with Gasteiger partial charge in [0.05, 0.1) is 6.54 Å². The van der Waals surface area contributed by atoms with Crippen molar-refractivity contribution < 1.29 is 8.78 Å². The third-order valence-corrected chi connectivity index (χ3v) is 3.21. The van der Waals surface area contributed by atoms with E-state index < -0.39 is 6.43 Å². The molecule has 0 radical (unpaired) electrons. The molecule has 0 unspecified atom stereocenters. The van der Waals surface area contributed by atoms with Crippen molar-refractivity contribution in [2.75, 3.05) is 19.6 Å². The fraction of sp³-hybridized carbons (Fsp3) is 1.00. The minimum atomic E-state index is -2.18. The molecular formula is C11H21F2N. The molecule has 1 aliphatic rings. The molecule has 1 fully saturated rings. The van der Waals surface area contributed by atoms with Crippen LogP contribution >= 0.6 is 0 Å². The van der Waals surface area contributed by atoms with Crippen molar-refractivity contribution in [1.29, 1.82) is 0 Å². The number of piperidine rings is 1. The van der Waals surface area contributed by atoms with Gasteiger partial charge in [-0.3, -0.25) is 4.90 Å². The molecule has 1 heterocycles. The second kappa shape index (κ2) is 4.56. The molecule has 0 aromatic heterocycles. The van der Waals surface area contributed by atoms with Crippen LogP contribution in [0, 0.1) is 11.3 Å². The summed E-state index contributed by atoms with van der Waals surface area (Å²) in [6.07, 6.45) is -0.0481. The Kier molecular flexibility index (Phi) is 3.87. The topological polar surface area (TPSA) is 3.24 Å². The number of hydrogen-bond acceptors (Lipinski definition) is 1. The molecule has 14 heavy (non-hydrogen) atoms. The Morgan fingerprint density at radius 2 is 1.71 bits per heavy atom. The highest BCUT2D eigenvalue weighted by molar-refractivity contribution is 4.80. The molecule has 1 saturated heterocycles. The lowest BCUT2D eigenvalue weighted by Gasteiger charge is -2.38. The molecule has 0 N–H and O–H groups in total. The van der Waals surface area contributed by atoms with Gasteiger partial charge >= 0.3 is 0 Å². The van der Waals surface area contributed by atoms with E-state index in [0.29, 0.717) is 11.3 Å². The molecule has 1 aliphatic heterocycles. The summed E-state index contributed by atoms with van der Waals surface area (Å²) in [5.74, 6) is 0.691. The molecule has 84 valence electrons. The van der Waals surface area contributed by atoms with Gasteiger partial charge in [0.25, 0.3) is 6.43 Å². The summed E-state index contributed by atoms with van der Waals surface area (Å²) in [4.78, 5) is 1.88. The van der Waals surface area contributed by atoms with E-state index in [2.05, 4.69) is 20.8 Å². The first kappa shape index (κ1) is 11.9. The minimum absolute atomic E-state index is 0.0448. The predicted octanol–water partition coefficient (Wildman–Crippen LogP) is 3.01. The van der Waals surface area contributed by atoms with Gasteiger partial charge in [0, 0.05) is 0 Å². The summed E-state index contributed by atoms with van der Waals surface area (Å²) in [5, 5.41) is 0. The van der Waals surface area contributed by atoms with Crippen LogP contribution in [0.15, 0.2) is 0 Å². The van der Waals surface area contributed by atoms with Crippen LogP contribution in [0.2, 0.25) is 0 Å². The van der Waals surface area contributed by atoms with Gasteiger partial charge in [-0.1, -0.05) is 20.8 Å². The van der Waals surface area contributed by atoms with E-state index >= 15 is 0 Å². The summed E-state index contributed by atoms with van der Waals surface area (Å²) < 4.78 is 24.2. The zero-order chi connectivity index (χ0) is 10.8. The second-order valence-electron chi connectivity index (χ2n) is 5.33. The first-order chi connectivity index (χ1) is 6.39. The maximum atomic E-state index is 12.1. The van der Waals surface area contributed by atoms with Crippen LogP contribution in [0.3, 0.4) is 0 Å². The van der Waals surface area contributed by atoms with Gasteiger partial charge in [-0.25, -0.2) is 8.78 Å². The number of nitrogens with zero attached hydrogens (tertiary/aromatic N) is 1. The molecular weight excluding hydrogens is 184 g/mol. The molecule has 0 aromatic rings. The molecule has 3 heteroatoms. The van der Waals surface area contributed by atoms with Crippen LogP contribution in [0.25, 0.3) is 0 Å². The van der Waals surface area contributed by atoms with Gasteiger partial charge in [0.1, 0.15) is 0 Å². The van der Waals surface area contributed by atoms with Crippen molar-refractivity contribution in [1.82, 2.24) is 4.90 Å². The number of halogens is 2. The fourth-order valence-corrected chi connectivity index (χ4v) is 2.18. The first-order valence-electron chi connectivity index (χ1n) is 5.40. The number of hydrogen-bond donors (Lipinski definition) is 0. The molecule has 0 aliphatic carbocycles. The number of rotatable bonds is 2. The van der Waals surface area contributed by atoms with Gasteiger partial charge in [-0.2, -0.15) is 0 Å². The van der Waals surface area contributed by atoms with Crippen molar-refractivity contribution >= 4 is 0 Å². The summed E-state index contributed by atoms with van der Waals surface area (Å²) in [5.41, 5.74) is 0.330. The standard InChI is InChI=1S/C11H21F2N/c1-11(2,3)9-4-6-14(7-5-9)8-10(12)13/h9-10H,4-8H2,1-3H3. The van der Waals surface area contributed by atoms with E-state index in [1.54, 1.807) is 0 Å². The van der Waals surface area contributed by atoms with E-state index in [0.717, 1.165) is 25.9 Å². The summed E-state index contributed by atoms with van der Waals surface area (Å²) in [6.45, 7) is 8.34. The average Bonchev–Trinajstić information content (AvgIpc) is 2.02. The molecule has 0 bridgehead atoms. The Morgan fingerprint density at radius 3 is 2.07 bits per heavy atom. The van der Waals surface area contributed by atoms with Gasteiger partial charge in [-0.05, 0) is 37.3 Å². The van der Waals surface area contributed by atoms with Crippen LogP contribution in [-0.4, -0.2) is 31.0 Å². The summed E-state index contributed by atoms with van der Waals surface area (Å²) >= 11 is 0. The second-order valence-corrected chi connectivity index (χ2v) is 5.33. The van der Waals surface area contributed by atoms with Crippen LogP contribution in [-0.2, 0) is 0 Å². The van der Waals surface area contributed by atoms with Gasteiger partial charge in [-0.15, -0.1) is 0 Å². The van der Waals surface area contributed by atoms with E-state index in [4.69, 9.17) is 0 Å². The third kappa shape index (κ3) is 3.52. The van der Waals surface area contributed by atoms with Crippen LogP contribution < -0.4 is 0 Å². The summed E-state index contributed by atoms with van der Waals surface area (Å²) in [7, 11) is 0. The van der Waals surface area contributed by atoms with E-state index in [-0.39, 0.29) is 6.54 Å². The largest absolute Gasteiger partial charge is 0.298 e. The predicted molar refractivity (Wildman–Crippen MR) is 54.6 cm³/mol. The van der Waals surface area contributed by atoms with Crippen molar-refractivity contribution in [3.63, 3.8) is 0 Å². The van der Waals surface area contributed by atoms with E-state index in [9.17, 15) is 8.78 Å². The van der Waals surface area contributed by atoms with Crippen LogP contribution in [0.5, 0.6) is 0 Å². The highest BCUT2D eigenvalue weighted by atomic mass is 19.3. The lowest BCUT2D eigenvalue weighted by Crippen LogP contribution is -2.40. The molecule has 0 spiro atoms. The monoisotopic (exact) mass is 205 g/mol. The van der Waals surface area contributed by atoms with Gasteiger partial charge in [0.2, 0.25) is 0 Å². The lowest BCUT2D eigenvalue weighted by atomic mass is 9.75. The fourth-order valence-electron chi connectivity index (χ4n) is 2.18. The SMILES string of the molecule is CC(C)(C)C1CCN(CC(F)F)CC1. The molecule has 1 rings (SSSR count). The zero-order valence-electron chi connectivity index (χ0n) is 9.39. The van der Waals surface area contributed by atoms with Crippen molar-refractivity contribution in [3.05, 3.63) is 0 Å². The Labute approximate surface area is 85.5 Å². The zero-order valence-corrected chi connectivity index (χ0v) is 9.39. The highest BCUT2D eigenvalue weighted by Gasteiger charge is 2.29. The smallest absolute Gasteiger partial charge is 0.251 e. The quantitative estimate of drug-likeness (QED) is 0.670. The van der Waals surface area contributed by atoms with Gasteiger partial charge in [0.15, 0.2) is 0 Å². The Hall–Kier alpha value is -0.180. The van der Waals surface area contributed by atoms with Crippen molar-refractivity contribution in [2.45, 2.75) is 40.0 Å². The number of likely N-dealkylation sites (tertiary alicyclic amines) is 1. The average molecular weight is 205 g/mol. The third-order valence-electron chi connectivity index (χ3n) is 3.21. The highest BCUT2D eigenvalue weighted by Crippen LogP contribution is 2.34. The molecule has 0 saturated carbocycles. The normalized spacial score (nSPS) is 21.9. The van der Waals surface area contributed by atoms with E-state index in [1.165, 1.54) is 0 Å². The molecule has 0 atom stereocenters. The minimum Gasteiger partial charge on any atom is -0.298 e. The lowest BCUT2D eigenvalue weighted by molar-refractivity contribution is 0.0509. The molecule has 1 nitrogen and oxygen atoms in total. The maximum absolute atomic E-state index is 12.1. The Morgan fingerprint density at radius 1 is 1.21 bits per heavy atom. The Bertz CT molecular complexity index is 167. The maximum Gasteiger partial charge on any atom is 0.251 e. The Balaban J connectivity index is 2.31. The van der Waals surface area contributed by atoms with Crippen molar-refractivity contribution in [2.24, 2.45) is 11.3 Å². The summed E-state index contributed by atoms with van der Waals surface area (Å²) in [6, 6.07) is 0. The van der Waals surface area contributed by atoms with Crippen molar-refractivity contribution in [3.8, 4) is 0 Å². The molecule has 0 amide bonds. The van der Waals surface area contributed by atoms with Crippen LogP contribution in [0.4, 0.5) is 8.78 Å². The molecule has 0 aromatic carbocycles. The first-order valence-corrected chi connectivity index (χ1v) is 5.40. The van der Waals surface area contributed by atoms with E-state index in [1.807, 2.05) is 4.90 Å². The van der Waals surface area contributed by atoms with Gasteiger partial charge < -0.3 is 0 Å². The van der Waals surface area contributed by atoms with Crippen LogP contribution in [0.1, 0.15) is 33.6 Å².